The molecular weight excluding hydrogens is 486 g/mol. The molecule has 4 rings (SSSR count). The highest BCUT2D eigenvalue weighted by molar-refractivity contribution is 9.12. The van der Waals surface area contributed by atoms with Gasteiger partial charge in [-0.3, -0.25) is 4.79 Å². The van der Waals surface area contributed by atoms with Crippen molar-refractivity contribution in [3.63, 3.8) is 0 Å². The van der Waals surface area contributed by atoms with Gasteiger partial charge in [-0.1, -0.05) is 74.3 Å². The van der Waals surface area contributed by atoms with Crippen LogP contribution in [-0.4, -0.2) is 26.3 Å². The highest BCUT2D eigenvalue weighted by Crippen LogP contribution is 2.36. The third-order valence-corrected chi connectivity index (χ3v) is 8.10. The Hall–Kier alpha value is -2.12. The van der Waals surface area contributed by atoms with Crippen molar-refractivity contribution in [1.29, 1.82) is 0 Å². The molecule has 3 aromatic rings. The molecule has 0 spiro atoms. The number of fused-ring (bicyclic) bond motifs is 1. The van der Waals surface area contributed by atoms with Crippen LogP contribution in [0.5, 0.6) is 5.75 Å². The van der Waals surface area contributed by atoms with Gasteiger partial charge >= 0.3 is 0 Å². The van der Waals surface area contributed by atoms with Crippen molar-refractivity contribution in [3.8, 4) is 5.75 Å². The Balaban J connectivity index is 1.64. The minimum Gasteiger partial charge on any atom is -0.506 e. The summed E-state index contributed by atoms with van der Waals surface area (Å²) >= 11 is 7.53. The molecule has 0 aliphatic carbocycles. The first-order valence-corrected chi connectivity index (χ1v) is 10.8. The molecule has 0 saturated heterocycles. The number of alkyl halides is 2. The van der Waals surface area contributed by atoms with Gasteiger partial charge in [0.15, 0.2) is 0 Å². The second kappa shape index (κ2) is 7.72. The van der Waals surface area contributed by atoms with Crippen LogP contribution in [0.3, 0.4) is 0 Å². The van der Waals surface area contributed by atoms with E-state index in [1.165, 1.54) is 0 Å². The molecule has 2 heterocycles. The Labute approximate surface area is 179 Å². The summed E-state index contributed by atoms with van der Waals surface area (Å²) in [6.45, 7) is 0. The lowest BCUT2D eigenvalue weighted by Gasteiger charge is -2.23. The number of hydrogen-bond donors (Lipinski definition) is 2. The van der Waals surface area contributed by atoms with E-state index in [1.807, 2.05) is 42.5 Å². The summed E-state index contributed by atoms with van der Waals surface area (Å²) in [4.78, 5) is 13.0. The molecule has 2 N–H and O–H groups in total. The quantitative estimate of drug-likeness (QED) is 0.523. The molecule has 0 bridgehead atoms. The molecule has 28 heavy (non-hydrogen) atoms. The van der Waals surface area contributed by atoms with E-state index in [0.717, 1.165) is 5.56 Å². The molecule has 144 valence electrons. The number of hydrazone groups is 1. The fraction of sp³-hybridized carbons (Fsp3) is 0.238. The van der Waals surface area contributed by atoms with E-state index >= 15 is 0 Å². The van der Waals surface area contributed by atoms with Crippen molar-refractivity contribution < 1.29 is 5.11 Å². The minimum absolute atomic E-state index is 0.00975. The Morgan fingerprint density at radius 3 is 2.57 bits per heavy atom. The first-order valence-electron chi connectivity index (χ1n) is 8.95. The molecule has 3 atom stereocenters. The van der Waals surface area contributed by atoms with Gasteiger partial charge in [0.05, 0.1) is 26.9 Å². The third kappa shape index (κ3) is 3.26. The average molecular weight is 505 g/mol. The van der Waals surface area contributed by atoms with Crippen molar-refractivity contribution in [1.82, 2.24) is 9.99 Å². The van der Waals surface area contributed by atoms with Crippen LogP contribution >= 0.6 is 31.9 Å². The third-order valence-electron chi connectivity index (χ3n) is 5.12. The largest absolute Gasteiger partial charge is 0.506 e. The van der Waals surface area contributed by atoms with Gasteiger partial charge in [0.25, 0.3) is 5.56 Å². The number of halogens is 2. The van der Waals surface area contributed by atoms with Gasteiger partial charge in [-0.25, -0.2) is 0 Å². The second-order valence-corrected chi connectivity index (χ2v) is 8.90. The molecule has 7 heteroatoms. The van der Waals surface area contributed by atoms with Crippen molar-refractivity contribution >= 4 is 48.5 Å². The number of pyridine rings is 1. The lowest BCUT2D eigenvalue weighted by Crippen LogP contribution is -2.33. The van der Waals surface area contributed by atoms with Crippen molar-refractivity contribution in [2.75, 3.05) is 0 Å². The van der Waals surface area contributed by atoms with Crippen LogP contribution in [-0.2, 0) is 7.05 Å². The standard InChI is InChI=1S/C21H19Br2N3O2/c1-26-16-10-6-5-9-13(16)20(27)17(21(26)28)14-11-15(25-24-14)19(23)18(22)12-7-3-2-4-8-12/h2-10,15,18-19,25,27H,11H2,1H3/t15-,18-,19-/m1/s1. The van der Waals surface area contributed by atoms with Crippen molar-refractivity contribution in [3.05, 3.63) is 76.1 Å². The van der Waals surface area contributed by atoms with Gasteiger partial charge in [-0.15, -0.1) is 0 Å². The molecular formula is C21H19Br2N3O2. The molecule has 1 aromatic heterocycles. The maximum atomic E-state index is 12.9. The predicted octanol–water partition coefficient (Wildman–Crippen LogP) is 4.21. The Kier molecular flexibility index (Phi) is 5.29. The number of nitrogens with zero attached hydrogens (tertiary/aromatic N) is 2. The molecule has 5 nitrogen and oxygen atoms in total. The number of rotatable bonds is 4. The lowest BCUT2D eigenvalue weighted by molar-refractivity contribution is 0.478. The van der Waals surface area contributed by atoms with Crippen molar-refractivity contribution in [2.45, 2.75) is 22.1 Å². The van der Waals surface area contributed by atoms with Crippen LogP contribution in [0.25, 0.3) is 10.9 Å². The molecule has 0 unspecified atom stereocenters. The van der Waals surface area contributed by atoms with Crippen LogP contribution < -0.4 is 11.0 Å². The molecule has 1 aliphatic rings. The summed E-state index contributed by atoms with van der Waals surface area (Å²) in [5.41, 5.74) is 5.57. The Bertz CT molecular complexity index is 1110. The van der Waals surface area contributed by atoms with Crippen LogP contribution in [0.4, 0.5) is 0 Å². The summed E-state index contributed by atoms with van der Waals surface area (Å²) in [7, 11) is 1.71. The molecule has 0 amide bonds. The van der Waals surface area contributed by atoms with Crippen LogP contribution in [0.15, 0.2) is 64.5 Å². The van der Waals surface area contributed by atoms with Gasteiger partial charge in [0.2, 0.25) is 0 Å². The van der Waals surface area contributed by atoms with Gasteiger partial charge < -0.3 is 15.1 Å². The number of benzene rings is 2. The minimum atomic E-state index is -0.248. The molecule has 0 saturated carbocycles. The summed E-state index contributed by atoms with van der Waals surface area (Å²) in [5, 5.41) is 15.8. The van der Waals surface area contributed by atoms with Gasteiger partial charge in [0, 0.05) is 18.9 Å². The summed E-state index contributed by atoms with van der Waals surface area (Å²) in [6, 6.07) is 17.4. The van der Waals surface area contributed by atoms with E-state index in [2.05, 4.69) is 54.5 Å². The fourth-order valence-corrected chi connectivity index (χ4v) is 4.85. The summed E-state index contributed by atoms with van der Waals surface area (Å²) in [5.74, 6) is -0.00975. The number of aryl methyl sites for hydroxylation is 1. The average Bonchev–Trinajstić information content (AvgIpc) is 3.21. The van der Waals surface area contributed by atoms with E-state index < -0.39 is 0 Å². The SMILES string of the molecule is Cn1c(=O)c(C2=NN[C@@H]([C@@H](Br)[C@H](Br)c3ccccc3)C2)c(O)c2ccccc21. The Morgan fingerprint density at radius 1 is 1.14 bits per heavy atom. The van der Waals surface area contributed by atoms with Crippen LogP contribution in [0, 0.1) is 0 Å². The number of hydrogen-bond acceptors (Lipinski definition) is 4. The van der Waals surface area contributed by atoms with Gasteiger partial charge in [-0.2, -0.15) is 5.10 Å². The van der Waals surface area contributed by atoms with E-state index in [0.29, 0.717) is 23.0 Å². The van der Waals surface area contributed by atoms with E-state index in [4.69, 9.17) is 0 Å². The normalized spacial score (nSPS) is 18.5. The number of aromatic hydroxyl groups is 1. The maximum absolute atomic E-state index is 12.9. The first-order chi connectivity index (χ1) is 13.5. The number of para-hydroxylation sites is 1. The smallest absolute Gasteiger partial charge is 0.263 e. The lowest BCUT2D eigenvalue weighted by atomic mass is 9.98. The molecule has 0 radical (unpaired) electrons. The predicted molar refractivity (Wildman–Crippen MR) is 120 cm³/mol. The zero-order valence-electron chi connectivity index (χ0n) is 15.1. The van der Waals surface area contributed by atoms with Gasteiger partial charge in [-0.05, 0) is 17.7 Å². The summed E-state index contributed by atoms with van der Waals surface area (Å²) in [6.07, 6.45) is 0.534. The van der Waals surface area contributed by atoms with Crippen molar-refractivity contribution in [2.24, 2.45) is 12.1 Å². The second-order valence-electron chi connectivity index (χ2n) is 6.86. The topological polar surface area (TPSA) is 66.6 Å². The zero-order chi connectivity index (χ0) is 19.8. The fourth-order valence-electron chi connectivity index (χ4n) is 3.57. The van der Waals surface area contributed by atoms with E-state index in [9.17, 15) is 9.90 Å². The number of aromatic nitrogens is 1. The van der Waals surface area contributed by atoms with E-state index in [-0.39, 0.29) is 32.6 Å². The number of nitrogens with one attached hydrogen (secondary N) is 1. The molecule has 0 fully saturated rings. The maximum Gasteiger partial charge on any atom is 0.263 e. The van der Waals surface area contributed by atoms with Crippen LogP contribution in [0.1, 0.15) is 22.4 Å². The highest BCUT2D eigenvalue weighted by Gasteiger charge is 2.33. The molecule has 1 aliphatic heterocycles. The summed E-state index contributed by atoms with van der Waals surface area (Å²) < 4.78 is 1.56. The molecule has 2 aromatic carbocycles. The highest BCUT2D eigenvalue weighted by atomic mass is 79.9. The van der Waals surface area contributed by atoms with E-state index in [1.54, 1.807) is 11.6 Å². The first kappa shape index (κ1) is 19.2. The van der Waals surface area contributed by atoms with Gasteiger partial charge in [0.1, 0.15) is 11.3 Å². The zero-order valence-corrected chi connectivity index (χ0v) is 18.3. The van der Waals surface area contributed by atoms with Crippen LogP contribution in [0.2, 0.25) is 0 Å². The monoisotopic (exact) mass is 503 g/mol. The Morgan fingerprint density at radius 2 is 1.82 bits per heavy atom.